The minimum absolute atomic E-state index is 0.0118. The van der Waals surface area contributed by atoms with Crippen LogP contribution in [0.25, 0.3) is 0 Å². The smallest absolute Gasteiger partial charge is 0.251 e. The van der Waals surface area contributed by atoms with Crippen molar-refractivity contribution in [1.29, 1.82) is 0 Å². The van der Waals surface area contributed by atoms with Gasteiger partial charge in [-0.3, -0.25) is 4.79 Å². The van der Waals surface area contributed by atoms with Crippen LogP contribution < -0.4 is 10.1 Å². The highest BCUT2D eigenvalue weighted by molar-refractivity contribution is 5.94. The highest BCUT2D eigenvalue weighted by Crippen LogP contribution is 2.14. The molecule has 0 aliphatic carbocycles. The van der Waals surface area contributed by atoms with Crippen LogP contribution in [0.4, 0.5) is 0 Å². The van der Waals surface area contributed by atoms with Gasteiger partial charge in [-0.05, 0) is 37.5 Å². The first kappa shape index (κ1) is 15.5. The van der Waals surface area contributed by atoms with E-state index in [-0.39, 0.29) is 18.6 Å². The van der Waals surface area contributed by atoms with Gasteiger partial charge in [0.2, 0.25) is 0 Å². The number of benzene rings is 1. The quantitative estimate of drug-likeness (QED) is 0.758. The molecular formula is C15H23NO3. The van der Waals surface area contributed by atoms with Crippen LogP contribution in [-0.4, -0.2) is 30.3 Å². The Labute approximate surface area is 114 Å². The molecule has 0 saturated carbocycles. The van der Waals surface area contributed by atoms with Crippen LogP contribution in [-0.2, 0) is 0 Å². The van der Waals surface area contributed by atoms with Gasteiger partial charge in [0.05, 0.1) is 6.61 Å². The molecule has 0 aliphatic rings. The first-order valence-electron chi connectivity index (χ1n) is 6.85. The van der Waals surface area contributed by atoms with E-state index in [4.69, 9.17) is 9.84 Å². The van der Waals surface area contributed by atoms with Crippen molar-refractivity contribution in [2.45, 2.75) is 39.2 Å². The topological polar surface area (TPSA) is 58.6 Å². The molecule has 0 radical (unpaired) electrons. The zero-order valence-electron chi connectivity index (χ0n) is 11.7. The van der Waals surface area contributed by atoms with Crippen molar-refractivity contribution < 1.29 is 14.6 Å². The van der Waals surface area contributed by atoms with E-state index in [0.29, 0.717) is 24.3 Å². The number of hydrogen-bond acceptors (Lipinski definition) is 3. The number of carbonyl (C=O) groups is 1. The highest BCUT2D eigenvalue weighted by Gasteiger charge is 2.12. The van der Waals surface area contributed by atoms with Crippen LogP contribution in [0.2, 0.25) is 0 Å². The summed E-state index contributed by atoms with van der Waals surface area (Å²) in [6.07, 6.45) is 2.32. The lowest BCUT2D eigenvalue weighted by molar-refractivity contribution is 0.0928. The average molecular weight is 265 g/mol. The average Bonchev–Trinajstić information content (AvgIpc) is 2.44. The Balaban J connectivity index is 2.65. The molecule has 1 aromatic carbocycles. The van der Waals surface area contributed by atoms with Gasteiger partial charge < -0.3 is 15.2 Å². The highest BCUT2D eigenvalue weighted by atomic mass is 16.5. The molecule has 1 aromatic rings. The van der Waals surface area contributed by atoms with E-state index in [1.54, 1.807) is 12.1 Å². The Morgan fingerprint density at radius 2 is 2.21 bits per heavy atom. The number of amides is 1. The number of hydrogen-bond donors (Lipinski definition) is 2. The SMILES string of the molecule is CCCOc1cccc(C(=O)NC(CC)CCO)c1. The minimum Gasteiger partial charge on any atom is -0.494 e. The van der Waals surface area contributed by atoms with Crippen LogP contribution in [0, 0.1) is 0 Å². The molecule has 0 aromatic heterocycles. The van der Waals surface area contributed by atoms with Crippen LogP contribution >= 0.6 is 0 Å². The van der Waals surface area contributed by atoms with Crippen molar-refractivity contribution in [3.05, 3.63) is 29.8 Å². The second-order valence-electron chi connectivity index (χ2n) is 4.47. The molecule has 0 aliphatic heterocycles. The van der Waals surface area contributed by atoms with Crippen molar-refractivity contribution in [2.24, 2.45) is 0 Å². The standard InChI is InChI=1S/C15H23NO3/c1-3-10-19-14-7-5-6-12(11-14)15(18)16-13(4-2)8-9-17/h5-7,11,13,17H,3-4,8-10H2,1-2H3,(H,16,18). The predicted molar refractivity (Wildman–Crippen MR) is 75.5 cm³/mol. The van der Waals surface area contributed by atoms with Crippen molar-refractivity contribution >= 4 is 5.91 Å². The summed E-state index contributed by atoms with van der Waals surface area (Å²) in [5.74, 6) is 0.590. The third-order valence-corrected chi connectivity index (χ3v) is 2.87. The van der Waals surface area contributed by atoms with Crippen molar-refractivity contribution in [1.82, 2.24) is 5.32 Å². The van der Waals surface area contributed by atoms with Gasteiger partial charge in [-0.1, -0.05) is 19.9 Å². The van der Waals surface area contributed by atoms with E-state index >= 15 is 0 Å². The molecule has 1 atom stereocenters. The number of ether oxygens (including phenoxy) is 1. The van der Waals surface area contributed by atoms with Gasteiger partial charge in [-0.2, -0.15) is 0 Å². The van der Waals surface area contributed by atoms with E-state index in [2.05, 4.69) is 5.32 Å². The Bertz CT molecular complexity index is 393. The van der Waals surface area contributed by atoms with Crippen LogP contribution in [0.15, 0.2) is 24.3 Å². The third-order valence-electron chi connectivity index (χ3n) is 2.87. The summed E-state index contributed by atoms with van der Waals surface area (Å²) in [4.78, 5) is 12.1. The summed E-state index contributed by atoms with van der Waals surface area (Å²) in [6, 6.07) is 7.18. The fourth-order valence-electron chi connectivity index (χ4n) is 1.75. The van der Waals surface area contributed by atoms with Gasteiger partial charge in [0.25, 0.3) is 5.91 Å². The fraction of sp³-hybridized carbons (Fsp3) is 0.533. The summed E-state index contributed by atoms with van der Waals surface area (Å²) in [6.45, 7) is 4.75. The molecule has 1 rings (SSSR count). The van der Waals surface area contributed by atoms with E-state index < -0.39 is 0 Å². The first-order chi connectivity index (χ1) is 9.21. The molecule has 0 spiro atoms. The normalized spacial score (nSPS) is 11.9. The number of aliphatic hydroxyl groups is 1. The van der Waals surface area contributed by atoms with Crippen molar-refractivity contribution in [3.8, 4) is 5.75 Å². The maximum atomic E-state index is 12.1. The fourth-order valence-corrected chi connectivity index (χ4v) is 1.75. The van der Waals surface area contributed by atoms with E-state index in [9.17, 15) is 4.79 Å². The summed E-state index contributed by atoms with van der Waals surface area (Å²) < 4.78 is 5.50. The molecule has 0 heterocycles. The summed E-state index contributed by atoms with van der Waals surface area (Å²) in [5, 5.41) is 11.8. The van der Waals surface area contributed by atoms with Gasteiger partial charge in [-0.25, -0.2) is 0 Å². The zero-order valence-corrected chi connectivity index (χ0v) is 11.7. The van der Waals surface area contributed by atoms with Crippen molar-refractivity contribution in [2.75, 3.05) is 13.2 Å². The Morgan fingerprint density at radius 3 is 2.84 bits per heavy atom. The number of aliphatic hydroxyl groups excluding tert-OH is 1. The molecule has 19 heavy (non-hydrogen) atoms. The molecule has 4 nitrogen and oxygen atoms in total. The second kappa shape index (κ2) is 8.53. The van der Waals surface area contributed by atoms with Crippen LogP contribution in [0.3, 0.4) is 0 Å². The molecule has 0 fully saturated rings. The van der Waals surface area contributed by atoms with Crippen LogP contribution in [0.1, 0.15) is 43.5 Å². The van der Waals surface area contributed by atoms with Gasteiger partial charge in [0.1, 0.15) is 5.75 Å². The summed E-state index contributed by atoms with van der Waals surface area (Å²) in [7, 11) is 0. The minimum atomic E-state index is -0.123. The molecule has 2 N–H and O–H groups in total. The van der Waals surface area contributed by atoms with E-state index in [0.717, 1.165) is 12.8 Å². The monoisotopic (exact) mass is 265 g/mol. The molecule has 106 valence electrons. The van der Waals surface area contributed by atoms with Gasteiger partial charge in [0, 0.05) is 18.2 Å². The Hall–Kier alpha value is -1.55. The number of carbonyl (C=O) groups excluding carboxylic acids is 1. The third kappa shape index (κ3) is 5.30. The molecule has 0 bridgehead atoms. The maximum absolute atomic E-state index is 12.1. The molecule has 1 unspecified atom stereocenters. The molecular weight excluding hydrogens is 242 g/mol. The number of nitrogens with one attached hydrogen (secondary N) is 1. The van der Waals surface area contributed by atoms with Crippen LogP contribution in [0.5, 0.6) is 5.75 Å². The first-order valence-corrected chi connectivity index (χ1v) is 6.85. The zero-order chi connectivity index (χ0) is 14.1. The summed E-state index contributed by atoms with van der Waals surface area (Å²) >= 11 is 0. The van der Waals surface area contributed by atoms with Gasteiger partial charge >= 0.3 is 0 Å². The summed E-state index contributed by atoms with van der Waals surface area (Å²) in [5.41, 5.74) is 0.588. The maximum Gasteiger partial charge on any atom is 0.251 e. The van der Waals surface area contributed by atoms with Gasteiger partial charge in [0.15, 0.2) is 0 Å². The number of rotatable bonds is 8. The van der Waals surface area contributed by atoms with Gasteiger partial charge in [-0.15, -0.1) is 0 Å². The van der Waals surface area contributed by atoms with E-state index in [1.165, 1.54) is 0 Å². The lowest BCUT2D eigenvalue weighted by atomic mass is 10.1. The molecule has 0 saturated heterocycles. The Kier molecular flexibility index (Phi) is 6.97. The second-order valence-corrected chi connectivity index (χ2v) is 4.47. The molecule has 1 amide bonds. The lowest BCUT2D eigenvalue weighted by Gasteiger charge is -2.16. The lowest BCUT2D eigenvalue weighted by Crippen LogP contribution is -2.35. The largest absolute Gasteiger partial charge is 0.494 e. The molecule has 4 heteroatoms. The predicted octanol–water partition coefficient (Wildman–Crippen LogP) is 2.37. The van der Waals surface area contributed by atoms with Crippen molar-refractivity contribution in [3.63, 3.8) is 0 Å². The van der Waals surface area contributed by atoms with E-state index in [1.807, 2.05) is 26.0 Å². The Morgan fingerprint density at radius 1 is 1.42 bits per heavy atom.